The van der Waals surface area contributed by atoms with Crippen LogP contribution in [0.1, 0.15) is 38.2 Å². The SMILES string of the molecule is CC(C)(CNC1CC(c2ccccc2)C1)C(N)=O. The van der Waals surface area contributed by atoms with Crippen LogP contribution in [0.25, 0.3) is 0 Å². The number of carbonyl (C=O) groups excluding carboxylic acids is 1. The number of nitrogens with two attached hydrogens (primary N) is 1. The van der Waals surface area contributed by atoms with Gasteiger partial charge in [0.15, 0.2) is 0 Å². The third kappa shape index (κ3) is 2.91. The molecule has 1 aromatic carbocycles. The fourth-order valence-electron chi connectivity index (χ4n) is 2.27. The van der Waals surface area contributed by atoms with Gasteiger partial charge in [-0.1, -0.05) is 30.3 Å². The van der Waals surface area contributed by atoms with E-state index in [-0.39, 0.29) is 5.91 Å². The molecule has 1 amide bonds. The van der Waals surface area contributed by atoms with E-state index in [1.165, 1.54) is 5.56 Å². The van der Waals surface area contributed by atoms with Crippen LogP contribution in [0.2, 0.25) is 0 Å². The molecule has 0 spiro atoms. The average Bonchev–Trinajstić information content (AvgIpc) is 2.28. The maximum Gasteiger partial charge on any atom is 0.224 e. The molecule has 3 heteroatoms. The van der Waals surface area contributed by atoms with E-state index in [0.29, 0.717) is 18.5 Å². The summed E-state index contributed by atoms with van der Waals surface area (Å²) in [5.74, 6) is 0.425. The summed E-state index contributed by atoms with van der Waals surface area (Å²) in [6, 6.07) is 11.1. The Morgan fingerprint density at radius 1 is 1.33 bits per heavy atom. The van der Waals surface area contributed by atoms with Crippen molar-refractivity contribution in [3.8, 4) is 0 Å². The Morgan fingerprint density at radius 3 is 2.50 bits per heavy atom. The topological polar surface area (TPSA) is 55.1 Å². The number of primary amides is 1. The zero-order valence-electron chi connectivity index (χ0n) is 11.1. The zero-order valence-corrected chi connectivity index (χ0v) is 11.1. The van der Waals surface area contributed by atoms with Crippen LogP contribution in [-0.4, -0.2) is 18.5 Å². The predicted octanol–water partition coefficient (Wildman–Crippen LogP) is 2.03. The molecule has 1 aliphatic rings. The number of nitrogens with one attached hydrogen (secondary N) is 1. The van der Waals surface area contributed by atoms with E-state index >= 15 is 0 Å². The minimum absolute atomic E-state index is 0.242. The molecule has 1 aromatic rings. The first-order chi connectivity index (χ1) is 8.49. The molecule has 1 aliphatic carbocycles. The van der Waals surface area contributed by atoms with Crippen molar-refractivity contribution in [3.63, 3.8) is 0 Å². The largest absolute Gasteiger partial charge is 0.369 e. The average molecular weight is 246 g/mol. The second-order valence-corrected chi connectivity index (χ2v) is 5.90. The second-order valence-electron chi connectivity index (χ2n) is 5.90. The molecule has 3 N–H and O–H groups in total. The fraction of sp³-hybridized carbons (Fsp3) is 0.533. The smallest absolute Gasteiger partial charge is 0.224 e. The molecule has 0 unspecified atom stereocenters. The summed E-state index contributed by atoms with van der Waals surface area (Å²) in [5.41, 5.74) is 6.32. The molecule has 0 aromatic heterocycles. The van der Waals surface area contributed by atoms with E-state index in [2.05, 4.69) is 29.6 Å². The molecule has 0 radical (unpaired) electrons. The predicted molar refractivity (Wildman–Crippen MR) is 73.2 cm³/mol. The minimum atomic E-state index is -0.460. The number of amides is 1. The Hall–Kier alpha value is -1.35. The van der Waals surface area contributed by atoms with Gasteiger partial charge in [-0.2, -0.15) is 0 Å². The maximum absolute atomic E-state index is 11.2. The highest BCUT2D eigenvalue weighted by atomic mass is 16.1. The van der Waals surface area contributed by atoms with Crippen molar-refractivity contribution < 1.29 is 4.79 Å². The van der Waals surface area contributed by atoms with Gasteiger partial charge in [0, 0.05) is 12.6 Å². The van der Waals surface area contributed by atoms with Crippen molar-refractivity contribution in [1.29, 1.82) is 0 Å². The van der Waals surface area contributed by atoms with Gasteiger partial charge in [-0.3, -0.25) is 4.79 Å². The molecular formula is C15H22N2O. The van der Waals surface area contributed by atoms with E-state index < -0.39 is 5.41 Å². The van der Waals surface area contributed by atoms with E-state index in [4.69, 9.17) is 5.73 Å². The van der Waals surface area contributed by atoms with Crippen LogP contribution in [-0.2, 0) is 4.79 Å². The van der Waals surface area contributed by atoms with Gasteiger partial charge in [0.2, 0.25) is 5.91 Å². The van der Waals surface area contributed by atoms with Gasteiger partial charge >= 0.3 is 0 Å². The summed E-state index contributed by atoms with van der Waals surface area (Å²) < 4.78 is 0. The van der Waals surface area contributed by atoms with Gasteiger partial charge in [-0.15, -0.1) is 0 Å². The Bertz CT molecular complexity index is 408. The summed E-state index contributed by atoms with van der Waals surface area (Å²) >= 11 is 0. The first-order valence-corrected chi connectivity index (χ1v) is 6.57. The van der Waals surface area contributed by atoms with Crippen LogP contribution < -0.4 is 11.1 Å². The van der Waals surface area contributed by atoms with E-state index in [9.17, 15) is 4.79 Å². The zero-order chi connectivity index (χ0) is 13.2. The van der Waals surface area contributed by atoms with Crippen LogP contribution in [0.3, 0.4) is 0 Å². The summed E-state index contributed by atoms with van der Waals surface area (Å²) in [4.78, 5) is 11.2. The monoisotopic (exact) mass is 246 g/mol. The molecule has 1 saturated carbocycles. The molecule has 0 heterocycles. The third-order valence-corrected chi connectivity index (χ3v) is 3.91. The lowest BCUT2D eigenvalue weighted by Gasteiger charge is -2.38. The maximum atomic E-state index is 11.2. The summed E-state index contributed by atoms with van der Waals surface area (Å²) in [6.07, 6.45) is 2.30. The number of carbonyl (C=O) groups is 1. The standard InChI is InChI=1S/C15H22N2O/c1-15(2,14(16)18)10-17-13-8-12(9-13)11-6-4-3-5-7-11/h3-7,12-13,17H,8-10H2,1-2H3,(H2,16,18). The van der Waals surface area contributed by atoms with Gasteiger partial charge < -0.3 is 11.1 Å². The molecule has 3 nitrogen and oxygen atoms in total. The lowest BCUT2D eigenvalue weighted by Crippen LogP contribution is -2.47. The molecule has 18 heavy (non-hydrogen) atoms. The van der Waals surface area contributed by atoms with Crippen molar-refractivity contribution in [2.24, 2.45) is 11.1 Å². The van der Waals surface area contributed by atoms with Gasteiger partial charge in [0.25, 0.3) is 0 Å². The number of hydrogen-bond acceptors (Lipinski definition) is 2. The Labute approximate surface area is 109 Å². The fourth-order valence-corrected chi connectivity index (χ4v) is 2.27. The van der Waals surface area contributed by atoms with Crippen LogP contribution in [0.15, 0.2) is 30.3 Å². The Kier molecular flexibility index (Phi) is 3.71. The molecule has 0 atom stereocenters. The highest BCUT2D eigenvalue weighted by molar-refractivity contribution is 5.80. The quantitative estimate of drug-likeness (QED) is 0.835. The van der Waals surface area contributed by atoms with Gasteiger partial charge in [0.05, 0.1) is 5.41 Å². The van der Waals surface area contributed by atoms with E-state index in [1.807, 2.05) is 19.9 Å². The van der Waals surface area contributed by atoms with Crippen LogP contribution in [0.4, 0.5) is 0 Å². The van der Waals surface area contributed by atoms with Crippen molar-refractivity contribution in [2.75, 3.05) is 6.54 Å². The van der Waals surface area contributed by atoms with Crippen molar-refractivity contribution >= 4 is 5.91 Å². The molecule has 0 saturated heterocycles. The van der Waals surface area contributed by atoms with Crippen molar-refractivity contribution in [1.82, 2.24) is 5.32 Å². The molecule has 0 aliphatic heterocycles. The van der Waals surface area contributed by atoms with E-state index in [1.54, 1.807) is 0 Å². The van der Waals surface area contributed by atoms with Crippen LogP contribution in [0.5, 0.6) is 0 Å². The van der Waals surface area contributed by atoms with E-state index in [0.717, 1.165) is 12.8 Å². The Morgan fingerprint density at radius 2 is 1.94 bits per heavy atom. The Balaban J connectivity index is 1.76. The second kappa shape index (κ2) is 5.11. The first kappa shape index (κ1) is 13.1. The molecular weight excluding hydrogens is 224 g/mol. The lowest BCUT2D eigenvalue weighted by molar-refractivity contribution is -0.125. The van der Waals surface area contributed by atoms with Gasteiger partial charge in [0.1, 0.15) is 0 Å². The summed E-state index contributed by atoms with van der Waals surface area (Å²) in [5, 5.41) is 3.44. The molecule has 1 fully saturated rings. The summed E-state index contributed by atoms with van der Waals surface area (Å²) in [7, 11) is 0. The molecule has 98 valence electrons. The molecule has 2 rings (SSSR count). The van der Waals surface area contributed by atoms with Crippen molar-refractivity contribution in [2.45, 2.75) is 38.6 Å². The van der Waals surface area contributed by atoms with Crippen LogP contribution in [0, 0.1) is 5.41 Å². The normalized spacial score (nSPS) is 23.4. The third-order valence-electron chi connectivity index (χ3n) is 3.91. The summed E-state index contributed by atoms with van der Waals surface area (Å²) in [6.45, 7) is 4.43. The van der Waals surface area contributed by atoms with Gasteiger partial charge in [-0.25, -0.2) is 0 Å². The van der Waals surface area contributed by atoms with Crippen LogP contribution >= 0.6 is 0 Å². The van der Waals surface area contributed by atoms with Crippen molar-refractivity contribution in [3.05, 3.63) is 35.9 Å². The molecule has 0 bridgehead atoms. The lowest BCUT2D eigenvalue weighted by atomic mass is 9.75. The minimum Gasteiger partial charge on any atom is -0.369 e. The highest BCUT2D eigenvalue weighted by Crippen LogP contribution is 2.36. The van der Waals surface area contributed by atoms with Gasteiger partial charge in [-0.05, 0) is 38.2 Å². The number of hydrogen-bond donors (Lipinski definition) is 2. The number of rotatable bonds is 5. The first-order valence-electron chi connectivity index (χ1n) is 6.57. The number of benzene rings is 1. The highest BCUT2D eigenvalue weighted by Gasteiger charge is 2.32.